The summed E-state index contributed by atoms with van der Waals surface area (Å²) in [5.74, 6) is 1.70. The van der Waals surface area contributed by atoms with Gasteiger partial charge in [0.25, 0.3) is 0 Å². The fourth-order valence-electron chi connectivity index (χ4n) is 5.63. The Morgan fingerprint density at radius 3 is 1.67 bits per heavy atom. The number of nitrogens with zero attached hydrogens (tertiary/aromatic N) is 2. The van der Waals surface area contributed by atoms with Crippen molar-refractivity contribution >= 4 is 17.6 Å². The Balaban J connectivity index is 0.000000444. The highest BCUT2D eigenvalue weighted by Crippen LogP contribution is 2.46. The van der Waals surface area contributed by atoms with Gasteiger partial charge < -0.3 is 14.3 Å². The smallest absolute Gasteiger partial charge is 0.118 e. The first-order valence-corrected chi connectivity index (χ1v) is 15.0. The zero-order valence-corrected chi connectivity index (χ0v) is 26.6. The first-order valence-electron chi connectivity index (χ1n) is 14.1. The van der Waals surface area contributed by atoms with Gasteiger partial charge in [-0.3, -0.25) is 4.68 Å². The highest BCUT2D eigenvalue weighted by Gasteiger charge is 2.33. The average Bonchev–Trinajstić information content (AvgIpc) is 3.77. The quantitative estimate of drug-likeness (QED) is 0.192. The Bertz CT molecular complexity index is 1570. The molecule has 0 atom stereocenters. The van der Waals surface area contributed by atoms with Gasteiger partial charge in [-0.15, -0.1) is 0 Å². The van der Waals surface area contributed by atoms with E-state index in [9.17, 15) is 0 Å². The molecule has 1 aliphatic carbocycles. The molecule has 0 bridgehead atoms. The van der Waals surface area contributed by atoms with Gasteiger partial charge in [0.15, 0.2) is 0 Å². The molecule has 0 saturated heterocycles. The molecular formula is C36H40N2O3S. The molecule has 6 rings (SSSR count). The van der Waals surface area contributed by atoms with E-state index in [4.69, 9.17) is 19.4 Å². The molecule has 0 fully saturated rings. The molecule has 0 aliphatic heterocycles. The van der Waals surface area contributed by atoms with Gasteiger partial charge in [-0.05, 0) is 116 Å². The van der Waals surface area contributed by atoms with Crippen LogP contribution < -0.4 is 9.47 Å². The summed E-state index contributed by atoms with van der Waals surface area (Å²) in [6.45, 7) is 12.6. The molecule has 0 radical (unpaired) electrons. The molecular weight excluding hydrogens is 540 g/mol. The van der Waals surface area contributed by atoms with E-state index >= 15 is 0 Å². The number of methoxy groups -OCH3 is 2. The second kappa shape index (κ2) is 13.7. The number of hydrogen-bond acceptors (Lipinski definition) is 5. The lowest BCUT2D eigenvalue weighted by molar-refractivity contribution is -0.106. The number of aromatic nitrogens is 2. The molecule has 0 amide bonds. The van der Waals surface area contributed by atoms with Crippen LogP contribution in [-0.4, -0.2) is 30.3 Å². The van der Waals surface area contributed by atoms with E-state index in [0.29, 0.717) is 0 Å². The summed E-state index contributed by atoms with van der Waals surface area (Å²) < 4.78 is 13.1. The molecule has 3 aromatic carbocycles. The number of fused-ring (bicyclic) bond motifs is 3. The number of carbonyl (C=O) groups is 1. The van der Waals surface area contributed by atoms with Gasteiger partial charge in [0.1, 0.15) is 23.8 Å². The molecule has 1 aliphatic rings. The zero-order chi connectivity index (χ0) is 30.4. The summed E-state index contributed by atoms with van der Waals surface area (Å²) in [6, 6.07) is 20.7. The van der Waals surface area contributed by atoms with Crippen LogP contribution in [0.25, 0.3) is 11.3 Å². The number of rotatable bonds is 5. The van der Waals surface area contributed by atoms with Crippen molar-refractivity contribution in [3.63, 3.8) is 0 Å². The minimum Gasteiger partial charge on any atom is -0.497 e. The maximum atomic E-state index is 8.81. The minimum absolute atomic E-state index is 0.0634. The standard InChI is InChI=1S/C30H32N2O2.C4H4S.C2H4O/c1-17-18(2)20(4)28-26(19(17)3)16-27-21(5)31-32(30(27)28)29(22-8-12-24(33-6)13-9-22)23-10-14-25(34-7)15-11-23;1-2-4-5-3-1;1-2-3/h8-15,29H,16H2,1-7H3;1-4H;2H,1H3. The van der Waals surface area contributed by atoms with Crippen LogP contribution in [0.1, 0.15) is 63.2 Å². The summed E-state index contributed by atoms with van der Waals surface area (Å²) in [5.41, 5.74) is 14.4. The Morgan fingerprint density at radius 2 is 1.24 bits per heavy atom. The summed E-state index contributed by atoms with van der Waals surface area (Å²) >= 11 is 1.71. The maximum Gasteiger partial charge on any atom is 0.118 e. The fraction of sp³-hybridized carbons (Fsp3) is 0.278. The zero-order valence-electron chi connectivity index (χ0n) is 25.8. The van der Waals surface area contributed by atoms with Crippen LogP contribution in [0.4, 0.5) is 0 Å². The van der Waals surface area contributed by atoms with Gasteiger partial charge in [-0.2, -0.15) is 16.4 Å². The van der Waals surface area contributed by atoms with E-state index < -0.39 is 0 Å². The molecule has 6 heteroatoms. The maximum absolute atomic E-state index is 8.81. The highest BCUT2D eigenvalue weighted by molar-refractivity contribution is 7.07. The number of benzene rings is 3. The van der Waals surface area contributed by atoms with Crippen LogP contribution >= 0.6 is 11.3 Å². The van der Waals surface area contributed by atoms with Gasteiger partial charge in [0.05, 0.1) is 25.6 Å². The van der Waals surface area contributed by atoms with Crippen molar-refractivity contribution < 1.29 is 14.3 Å². The third-order valence-corrected chi connectivity index (χ3v) is 8.78. The van der Waals surface area contributed by atoms with Gasteiger partial charge in [-0.1, -0.05) is 36.4 Å². The Morgan fingerprint density at radius 1 is 0.762 bits per heavy atom. The number of ether oxygens (including phenoxy) is 2. The van der Waals surface area contributed by atoms with E-state index in [1.165, 1.54) is 62.7 Å². The van der Waals surface area contributed by atoms with Crippen LogP contribution in [0.5, 0.6) is 11.5 Å². The van der Waals surface area contributed by atoms with Crippen LogP contribution in [0.2, 0.25) is 0 Å². The summed E-state index contributed by atoms with van der Waals surface area (Å²) in [6.07, 6.45) is 1.70. The lowest BCUT2D eigenvalue weighted by Gasteiger charge is -2.23. The molecule has 42 heavy (non-hydrogen) atoms. The van der Waals surface area contributed by atoms with Crippen molar-refractivity contribution in [3.05, 3.63) is 122 Å². The minimum atomic E-state index is -0.0634. The number of hydrogen-bond donors (Lipinski definition) is 0. The van der Waals surface area contributed by atoms with Gasteiger partial charge in [0, 0.05) is 17.5 Å². The van der Waals surface area contributed by atoms with Crippen LogP contribution in [0, 0.1) is 34.6 Å². The summed E-state index contributed by atoms with van der Waals surface area (Å²) in [5, 5.41) is 9.23. The van der Waals surface area contributed by atoms with Crippen molar-refractivity contribution in [2.45, 2.75) is 54.0 Å². The third-order valence-electron chi connectivity index (χ3n) is 8.15. The molecule has 218 valence electrons. The Labute approximate surface area is 253 Å². The Kier molecular flexibility index (Phi) is 10.0. The molecule has 0 N–H and O–H groups in total. The lowest BCUT2D eigenvalue weighted by atomic mass is 9.89. The SMILES string of the molecule is CC=O.COc1ccc(C(c2ccc(OC)cc2)n2nc(C)c3c2-c2c(C)c(C)c(C)c(C)c2C3)cc1.c1ccsc1. The predicted molar refractivity (Wildman–Crippen MR) is 173 cm³/mol. The average molecular weight is 581 g/mol. The largest absolute Gasteiger partial charge is 0.497 e. The molecule has 0 saturated carbocycles. The van der Waals surface area contributed by atoms with E-state index in [1.54, 1.807) is 25.6 Å². The van der Waals surface area contributed by atoms with Crippen LogP contribution in [0.3, 0.4) is 0 Å². The van der Waals surface area contributed by atoms with Crippen molar-refractivity contribution in [1.82, 2.24) is 9.78 Å². The molecule has 2 heterocycles. The van der Waals surface area contributed by atoms with E-state index in [2.05, 4.69) is 63.6 Å². The second-order valence-electron chi connectivity index (χ2n) is 10.4. The number of aryl methyl sites for hydroxylation is 1. The number of carbonyl (C=O) groups excluding carboxylic acids is 1. The van der Waals surface area contributed by atoms with Crippen molar-refractivity contribution in [1.29, 1.82) is 0 Å². The molecule has 5 aromatic rings. The monoisotopic (exact) mass is 580 g/mol. The van der Waals surface area contributed by atoms with Crippen LogP contribution in [-0.2, 0) is 11.2 Å². The molecule has 0 spiro atoms. The van der Waals surface area contributed by atoms with Gasteiger partial charge in [-0.25, -0.2) is 0 Å². The van der Waals surface area contributed by atoms with Gasteiger partial charge in [0.2, 0.25) is 0 Å². The molecule has 5 nitrogen and oxygen atoms in total. The normalized spacial score (nSPS) is 11.1. The van der Waals surface area contributed by atoms with E-state index in [-0.39, 0.29) is 6.04 Å². The lowest BCUT2D eigenvalue weighted by Crippen LogP contribution is -2.16. The first kappa shape index (κ1) is 30.8. The summed E-state index contributed by atoms with van der Waals surface area (Å²) in [7, 11) is 3.40. The number of thiophene rings is 1. The van der Waals surface area contributed by atoms with Crippen molar-refractivity contribution in [2.24, 2.45) is 0 Å². The van der Waals surface area contributed by atoms with Gasteiger partial charge >= 0.3 is 0 Å². The predicted octanol–water partition coefficient (Wildman–Crippen LogP) is 8.60. The molecule has 2 aromatic heterocycles. The van der Waals surface area contributed by atoms with E-state index in [0.717, 1.165) is 29.9 Å². The van der Waals surface area contributed by atoms with E-state index in [1.807, 2.05) is 47.2 Å². The van der Waals surface area contributed by atoms with Crippen LogP contribution in [0.15, 0.2) is 71.4 Å². The summed E-state index contributed by atoms with van der Waals surface area (Å²) in [4.78, 5) is 8.81. The fourth-order valence-corrected chi connectivity index (χ4v) is 6.08. The van der Waals surface area contributed by atoms with Crippen molar-refractivity contribution in [2.75, 3.05) is 14.2 Å². The van der Waals surface area contributed by atoms with Crippen molar-refractivity contribution in [3.8, 4) is 22.8 Å². The highest BCUT2D eigenvalue weighted by atomic mass is 32.1. The Hall–Kier alpha value is -4.16. The number of aldehydes is 1. The second-order valence-corrected chi connectivity index (χ2v) is 11.2. The topological polar surface area (TPSA) is 53.4 Å². The third kappa shape index (κ3) is 6.04. The molecule has 0 unspecified atom stereocenters. The first-order chi connectivity index (χ1) is 20.3.